The number of aliphatic hydroxyl groups excluding tert-OH is 2. The van der Waals surface area contributed by atoms with Crippen molar-refractivity contribution in [2.24, 2.45) is 5.73 Å². The summed E-state index contributed by atoms with van der Waals surface area (Å²) in [4.78, 5) is 0. The van der Waals surface area contributed by atoms with Gasteiger partial charge in [-0.2, -0.15) is 0 Å². The van der Waals surface area contributed by atoms with Crippen LogP contribution in [-0.2, 0) is 0 Å². The first-order valence-corrected chi connectivity index (χ1v) is 3.60. The standard InChI is InChI=1S/C8H15NO2/c1-3-7(10)8(11)4-6(2)5-9/h4,10-11H,3,5,9H2,1-2H3/b6-4+,8-7-. The molecule has 0 aliphatic heterocycles. The summed E-state index contributed by atoms with van der Waals surface area (Å²) in [5.41, 5.74) is 6.11. The predicted octanol–water partition coefficient (Wildman–Crippen LogP) is 1.63. The summed E-state index contributed by atoms with van der Waals surface area (Å²) in [5, 5.41) is 18.1. The van der Waals surface area contributed by atoms with E-state index >= 15 is 0 Å². The minimum atomic E-state index is -0.0875. The molecule has 0 aliphatic carbocycles. The van der Waals surface area contributed by atoms with Crippen molar-refractivity contribution in [2.45, 2.75) is 20.3 Å². The van der Waals surface area contributed by atoms with E-state index in [1.54, 1.807) is 13.8 Å². The van der Waals surface area contributed by atoms with E-state index in [-0.39, 0.29) is 11.5 Å². The maximum absolute atomic E-state index is 9.12. The van der Waals surface area contributed by atoms with Crippen LogP contribution >= 0.6 is 0 Å². The number of allylic oxidation sites excluding steroid dienone is 2. The third kappa shape index (κ3) is 3.68. The molecule has 0 bridgehead atoms. The normalized spacial score (nSPS) is 14.6. The molecule has 0 heterocycles. The highest BCUT2D eigenvalue weighted by Gasteiger charge is 1.96. The Kier molecular flexibility index (Phi) is 4.38. The zero-order valence-corrected chi connectivity index (χ0v) is 6.96. The fraction of sp³-hybridized carbons (Fsp3) is 0.500. The molecule has 3 heteroatoms. The highest BCUT2D eigenvalue weighted by atomic mass is 16.3. The summed E-state index contributed by atoms with van der Waals surface area (Å²) < 4.78 is 0. The van der Waals surface area contributed by atoms with Gasteiger partial charge in [0.1, 0.15) is 5.76 Å². The molecule has 64 valence electrons. The Morgan fingerprint density at radius 2 is 2.00 bits per heavy atom. The van der Waals surface area contributed by atoms with E-state index in [4.69, 9.17) is 15.9 Å². The lowest BCUT2D eigenvalue weighted by molar-refractivity contribution is 0.326. The third-order valence-electron chi connectivity index (χ3n) is 1.34. The van der Waals surface area contributed by atoms with E-state index in [0.717, 1.165) is 5.57 Å². The van der Waals surface area contributed by atoms with Crippen molar-refractivity contribution in [1.29, 1.82) is 0 Å². The van der Waals surface area contributed by atoms with E-state index in [0.29, 0.717) is 13.0 Å². The van der Waals surface area contributed by atoms with Crippen LogP contribution in [0.1, 0.15) is 20.3 Å². The molecule has 0 aromatic heterocycles. The molecule has 0 saturated carbocycles. The van der Waals surface area contributed by atoms with Crippen LogP contribution in [0.5, 0.6) is 0 Å². The van der Waals surface area contributed by atoms with Crippen molar-refractivity contribution >= 4 is 0 Å². The molecule has 0 spiro atoms. The summed E-state index contributed by atoms with van der Waals surface area (Å²) in [7, 11) is 0. The monoisotopic (exact) mass is 157 g/mol. The number of hydrogen-bond donors (Lipinski definition) is 3. The minimum Gasteiger partial charge on any atom is -0.508 e. The topological polar surface area (TPSA) is 66.5 Å². The molecule has 0 unspecified atom stereocenters. The number of aliphatic hydroxyl groups is 2. The molecule has 0 rings (SSSR count). The van der Waals surface area contributed by atoms with Crippen molar-refractivity contribution in [1.82, 2.24) is 0 Å². The van der Waals surface area contributed by atoms with Gasteiger partial charge in [-0.05, 0) is 13.0 Å². The van der Waals surface area contributed by atoms with Crippen LogP contribution in [-0.4, -0.2) is 16.8 Å². The van der Waals surface area contributed by atoms with Gasteiger partial charge in [-0.25, -0.2) is 0 Å². The zero-order valence-electron chi connectivity index (χ0n) is 6.96. The van der Waals surface area contributed by atoms with Crippen LogP contribution in [0.4, 0.5) is 0 Å². The molecule has 0 radical (unpaired) electrons. The van der Waals surface area contributed by atoms with E-state index in [9.17, 15) is 0 Å². The maximum atomic E-state index is 9.12. The Morgan fingerprint density at radius 3 is 2.36 bits per heavy atom. The fourth-order valence-corrected chi connectivity index (χ4v) is 0.557. The Labute approximate surface area is 66.8 Å². The van der Waals surface area contributed by atoms with Crippen molar-refractivity contribution in [3.63, 3.8) is 0 Å². The Bertz CT molecular complexity index is 183. The number of hydrogen-bond acceptors (Lipinski definition) is 3. The van der Waals surface area contributed by atoms with Gasteiger partial charge in [-0.3, -0.25) is 0 Å². The van der Waals surface area contributed by atoms with Crippen LogP contribution in [0.3, 0.4) is 0 Å². The van der Waals surface area contributed by atoms with Crippen molar-refractivity contribution in [3.8, 4) is 0 Å². The average molecular weight is 157 g/mol. The predicted molar refractivity (Wildman–Crippen MR) is 45.4 cm³/mol. The Morgan fingerprint density at radius 1 is 1.45 bits per heavy atom. The van der Waals surface area contributed by atoms with E-state index < -0.39 is 0 Å². The highest BCUT2D eigenvalue weighted by Crippen LogP contribution is 2.05. The van der Waals surface area contributed by atoms with Gasteiger partial charge in [0.25, 0.3) is 0 Å². The second kappa shape index (κ2) is 4.79. The molecule has 3 nitrogen and oxygen atoms in total. The third-order valence-corrected chi connectivity index (χ3v) is 1.34. The van der Waals surface area contributed by atoms with Gasteiger partial charge in [-0.1, -0.05) is 12.5 Å². The van der Waals surface area contributed by atoms with Crippen LogP contribution in [0.25, 0.3) is 0 Å². The highest BCUT2D eigenvalue weighted by molar-refractivity contribution is 5.19. The van der Waals surface area contributed by atoms with Crippen molar-refractivity contribution in [2.75, 3.05) is 6.54 Å². The molecular formula is C8H15NO2. The summed E-state index contributed by atoms with van der Waals surface area (Å²) in [6, 6.07) is 0. The smallest absolute Gasteiger partial charge is 0.152 e. The van der Waals surface area contributed by atoms with Crippen LogP contribution in [0.2, 0.25) is 0 Å². The van der Waals surface area contributed by atoms with Crippen LogP contribution in [0.15, 0.2) is 23.2 Å². The summed E-state index contributed by atoms with van der Waals surface area (Å²) >= 11 is 0. The molecule has 0 saturated heterocycles. The second-order valence-corrected chi connectivity index (χ2v) is 2.38. The van der Waals surface area contributed by atoms with Crippen molar-refractivity contribution < 1.29 is 10.2 Å². The quantitative estimate of drug-likeness (QED) is 0.431. The van der Waals surface area contributed by atoms with Gasteiger partial charge in [0.05, 0.1) is 0 Å². The summed E-state index contributed by atoms with van der Waals surface area (Å²) in [6.45, 7) is 3.94. The lowest BCUT2D eigenvalue weighted by Crippen LogP contribution is -2.00. The average Bonchev–Trinajstić information content (AvgIpc) is 2.02. The summed E-state index contributed by atoms with van der Waals surface area (Å²) in [6.07, 6.45) is 1.90. The SMILES string of the molecule is CC/C(O)=C(O)\C=C(/C)CN. The number of rotatable bonds is 3. The van der Waals surface area contributed by atoms with Crippen LogP contribution < -0.4 is 5.73 Å². The van der Waals surface area contributed by atoms with Crippen molar-refractivity contribution in [3.05, 3.63) is 23.2 Å². The summed E-state index contributed by atoms with van der Waals surface area (Å²) in [5.74, 6) is -0.0896. The van der Waals surface area contributed by atoms with Gasteiger partial charge in [-0.15, -0.1) is 0 Å². The van der Waals surface area contributed by atoms with Gasteiger partial charge >= 0.3 is 0 Å². The van der Waals surface area contributed by atoms with Gasteiger partial charge in [0.15, 0.2) is 5.76 Å². The van der Waals surface area contributed by atoms with Crippen LogP contribution in [0, 0.1) is 0 Å². The first-order chi connectivity index (χ1) is 5.11. The second-order valence-electron chi connectivity index (χ2n) is 2.38. The molecule has 0 aliphatic rings. The molecule has 0 aromatic rings. The first-order valence-electron chi connectivity index (χ1n) is 3.60. The maximum Gasteiger partial charge on any atom is 0.152 e. The molecule has 0 amide bonds. The van der Waals surface area contributed by atoms with E-state index in [1.165, 1.54) is 6.08 Å². The van der Waals surface area contributed by atoms with Gasteiger partial charge in [0, 0.05) is 13.0 Å². The lowest BCUT2D eigenvalue weighted by Gasteiger charge is -1.98. The minimum absolute atomic E-state index is 0.00204. The Hall–Kier alpha value is -0.960. The first kappa shape index (κ1) is 10.0. The molecule has 4 N–H and O–H groups in total. The molecular weight excluding hydrogens is 142 g/mol. The molecule has 11 heavy (non-hydrogen) atoms. The molecule has 0 atom stereocenters. The number of nitrogens with two attached hydrogens (primary N) is 1. The molecule has 0 aromatic carbocycles. The Balaban J connectivity index is 4.37. The largest absolute Gasteiger partial charge is 0.508 e. The van der Waals surface area contributed by atoms with E-state index in [2.05, 4.69) is 0 Å². The van der Waals surface area contributed by atoms with Gasteiger partial charge < -0.3 is 15.9 Å². The lowest BCUT2D eigenvalue weighted by atomic mass is 10.2. The molecule has 0 fully saturated rings. The fourth-order valence-electron chi connectivity index (χ4n) is 0.557. The van der Waals surface area contributed by atoms with Gasteiger partial charge in [0.2, 0.25) is 0 Å². The van der Waals surface area contributed by atoms with E-state index in [1.807, 2.05) is 0 Å². The zero-order chi connectivity index (χ0) is 8.85.